The summed E-state index contributed by atoms with van der Waals surface area (Å²) in [6.45, 7) is 5.56. The zero-order valence-corrected chi connectivity index (χ0v) is 9.35. The first kappa shape index (κ1) is 10.8. The molecule has 0 spiro atoms. The molecule has 3 nitrogen and oxygen atoms in total. The van der Waals surface area contributed by atoms with Crippen LogP contribution in [0.15, 0.2) is 12.1 Å². The van der Waals surface area contributed by atoms with Gasteiger partial charge in [-0.05, 0) is 23.1 Å². The molecule has 1 aliphatic rings. The van der Waals surface area contributed by atoms with Gasteiger partial charge in [-0.3, -0.25) is 14.9 Å². The minimum absolute atomic E-state index is 0.121. The Labute approximate surface area is 92.7 Å². The summed E-state index contributed by atoms with van der Waals surface area (Å²) in [5.41, 5.74) is 0.424. The summed E-state index contributed by atoms with van der Waals surface area (Å²) in [5, 5.41) is 2.14. The third-order valence-electron chi connectivity index (χ3n) is 2.63. The van der Waals surface area contributed by atoms with E-state index in [9.17, 15) is 14.0 Å². The highest BCUT2D eigenvalue weighted by molar-refractivity contribution is 6.21. The third-order valence-corrected chi connectivity index (χ3v) is 2.63. The number of rotatable bonds is 0. The average Bonchev–Trinajstić information content (AvgIpc) is 2.39. The van der Waals surface area contributed by atoms with Crippen molar-refractivity contribution in [3.63, 3.8) is 0 Å². The fourth-order valence-corrected chi connectivity index (χ4v) is 1.76. The van der Waals surface area contributed by atoms with Crippen LogP contribution in [0.4, 0.5) is 4.39 Å². The summed E-state index contributed by atoms with van der Waals surface area (Å²) < 4.78 is 13.7. The average molecular weight is 221 g/mol. The lowest BCUT2D eigenvalue weighted by atomic mass is 9.85. The van der Waals surface area contributed by atoms with E-state index in [0.29, 0.717) is 5.56 Å². The van der Waals surface area contributed by atoms with E-state index in [1.54, 1.807) is 0 Å². The summed E-state index contributed by atoms with van der Waals surface area (Å²) in [5.74, 6) is -1.43. The molecule has 0 bridgehead atoms. The molecule has 1 N–H and O–H groups in total. The van der Waals surface area contributed by atoms with Crippen molar-refractivity contribution in [2.75, 3.05) is 0 Å². The number of hydrogen-bond donors (Lipinski definition) is 1. The van der Waals surface area contributed by atoms with Gasteiger partial charge in [-0.1, -0.05) is 20.8 Å². The number of carbonyl (C=O) groups is 2. The Hall–Kier alpha value is -1.71. The van der Waals surface area contributed by atoms with E-state index in [-0.39, 0.29) is 11.1 Å². The Morgan fingerprint density at radius 3 is 2.06 bits per heavy atom. The molecule has 0 aliphatic carbocycles. The Morgan fingerprint density at radius 1 is 1.06 bits per heavy atom. The van der Waals surface area contributed by atoms with Gasteiger partial charge in [0.15, 0.2) is 0 Å². The van der Waals surface area contributed by atoms with Gasteiger partial charge in [0.05, 0.1) is 11.1 Å². The normalized spacial score (nSPS) is 15.0. The highest BCUT2D eigenvalue weighted by atomic mass is 19.1. The maximum absolute atomic E-state index is 13.7. The van der Waals surface area contributed by atoms with Crippen LogP contribution in [0.1, 0.15) is 47.1 Å². The van der Waals surface area contributed by atoms with Crippen molar-refractivity contribution in [1.82, 2.24) is 5.32 Å². The van der Waals surface area contributed by atoms with Crippen molar-refractivity contribution < 1.29 is 14.0 Å². The molecule has 2 amide bonds. The molecule has 1 aliphatic heterocycles. The van der Waals surface area contributed by atoms with Crippen molar-refractivity contribution in [3.8, 4) is 0 Å². The molecule has 0 saturated heterocycles. The number of imide groups is 1. The number of halogens is 1. The maximum atomic E-state index is 13.7. The topological polar surface area (TPSA) is 46.2 Å². The first-order valence-corrected chi connectivity index (χ1v) is 5.00. The fraction of sp³-hybridized carbons (Fsp3) is 0.333. The second-order valence-corrected chi connectivity index (χ2v) is 4.91. The van der Waals surface area contributed by atoms with Crippen LogP contribution in [0.2, 0.25) is 0 Å². The standard InChI is InChI=1S/C12H12FNO2/c1-12(2,3)8-4-6-7(5-9(8)13)11(16)14-10(6)15/h4-5H,1-3H3,(H,14,15,16). The molecule has 0 fully saturated rings. The third kappa shape index (κ3) is 1.50. The van der Waals surface area contributed by atoms with Crippen LogP contribution in [0, 0.1) is 5.82 Å². The van der Waals surface area contributed by atoms with E-state index >= 15 is 0 Å². The van der Waals surface area contributed by atoms with Gasteiger partial charge in [-0.25, -0.2) is 4.39 Å². The number of amides is 2. The quantitative estimate of drug-likeness (QED) is 0.681. The van der Waals surface area contributed by atoms with Crippen molar-refractivity contribution >= 4 is 11.8 Å². The van der Waals surface area contributed by atoms with Crippen LogP contribution in [0.25, 0.3) is 0 Å². The molecule has 0 unspecified atom stereocenters. The van der Waals surface area contributed by atoms with Gasteiger partial charge in [-0.15, -0.1) is 0 Å². The number of fused-ring (bicyclic) bond motifs is 1. The first-order chi connectivity index (χ1) is 7.30. The predicted octanol–water partition coefficient (Wildman–Crippen LogP) is 2.01. The second-order valence-electron chi connectivity index (χ2n) is 4.91. The van der Waals surface area contributed by atoms with Crippen molar-refractivity contribution in [1.29, 1.82) is 0 Å². The summed E-state index contributed by atoms with van der Waals surface area (Å²) >= 11 is 0. The zero-order valence-electron chi connectivity index (χ0n) is 9.35. The van der Waals surface area contributed by atoms with Crippen molar-refractivity contribution in [3.05, 3.63) is 34.6 Å². The first-order valence-electron chi connectivity index (χ1n) is 5.00. The minimum atomic E-state index is -0.528. The minimum Gasteiger partial charge on any atom is -0.288 e. The maximum Gasteiger partial charge on any atom is 0.259 e. The molecular weight excluding hydrogens is 209 g/mol. The van der Waals surface area contributed by atoms with Gasteiger partial charge in [0.25, 0.3) is 11.8 Å². The molecule has 16 heavy (non-hydrogen) atoms. The lowest BCUT2D eigenvalue weighted by Gasteiger charge is -2.20. The van der Waals surface area contributed by atoms with Gasteiger partial charge >= 0.3 is 0 Å². The predicted molar refractivity (Wildman–Crippen MR) is 56.9 cm³/mol. The van der Waals surface area contributed by atoms with Crippen LogP contribution in [0.5, 0.6) is 0 Å². The number of benzene rings is 1. The molecule has 84 valence electrons. The van der Waals surface area contributed by atoms with E-state index in [2.05, 4.69) is 5.32 Å². The Morgan fingerprint density at radius 2 is 1.56 bits per heavy atom. The number of hydrogen-bond acceptors (Lipinski definition) is 2. The molecule has 0 atom stereocenters. The van der Waals surface area contributed by atoms with Crippen LogP contribution in [-0.4, -0.2) is 11.8 Å². The lowest BCUT2D eigenvalue weighted by Crippen LogP contribution is -2.20. The monoisotopic (exact) mass is 221 g/mol. The van der Waals surface area contributed by atoms with Crippen LogP contribution < -0.4 is 5.32 Å². The SMILES string of the molecule is CC(C)(C)c1cc2c(cc1F)C(=O)NC2=O. The highest BCUT2D eigenvalue weighted by Crippen LogP contribution is 2.29. The largest absolute Gasteiger partial charge is 0.288 e. The molecule has 0 radical (unpaired) electrons. The van der Waals surface area contributed by atoms with Crippen molar-refractivity contribution in [2.24, 2.45) is 0 Å². The van der Waals surface area contributed by atoms with Gasteiger partial charge in [-0.2, -0.15) is 0 Å². The Balaban J connectivity index is 2.67. The molecule has 2 rings (SSSR count). The zero-order chi connectivity index (χ0) is 12.1. The van der Waals surface area contributed by atoms with Crippen LogP contribution in [0.3, 0.4) is 0 Å². The smallest absolute Gasteiger partial charge is 0.259 e. The summed E-state index contributed by atoms with van der Waals surface area (Å²) in [6.07, 6.45) is 0. The Kier molecular flexibility index (Phi) is 2.12. The summed E-state index contributed by atoms with van der Waals surface area (Å²) in [4.78, 5) is 22.7. The number of carbonyl (C=O) groups excluding carboxylic acids is 2. The second kappa shape index (κ2) is 3.14. The summed E-state index contributed by atoms with van der Waals surface area (Å²) in [6, 6.07) is 2.60. The van der Waals surface area contributed by atoms with Gasteiger partial charge in [0.1, 0.15) is 5.82 Å². The van der Waals surface area contributed by atoms with E-state index < -0.39 is 23.0 Å². The molecule has 0 saturated carbocycles. The highest BCUT2D eigenvalue weighted by Gasteiger charge is 2.30. The van der Waals surface area contributed by atoms with Crippen LogP contribution in [-0.2, 0) is 5.41 Å². The molecular formula is C12H12FNO2. The molecule has 0 aromatic heterocycles. The molecule has 1 heterocycles. The molecule has 4 heteroatoms. The van der Waals surface area contributed by atoms with Crippen LogP contribution >= 0.6 is 0 Å². The molecule has 1 aromatic carbocycles. The lowest BCUT2D eigenvalue weighted by molar-refractivity contribution is 0.0879. The van der Waals surface area contributed by atoms with E-state index in [0.717, 1.165) is 6.07 Å². The van der Waals surface area contributed by atoms with E-state index in [1.807, 2.05) is 20.8 Å². The van der Waals surface area contributed by atoms with Gasteiger partial charge in [0.2, 0.25) is 0 Å². The van der Waals surface area contributed by atoms with Gasteiger partial charge < -0.3 is 0 Å². The van der Waals surface area contributed by atoms with Crippen molar-refractivity contribution in [2.45, 2.75) is 26.2 Å². The Bertz CT molecular complexity index is 500. The molecule has 1 aromatic rings. The fourth-order valence-electron chi connectivity index (χ4n) is 1.76. The van der Waals surface area contributed by atoms with Gasteiger partial charge in [0, 0.05) is 0 Å². The van der Waals surface area contributed by atoms with E-state index in [4.69, 9.17) is 0 Å². The number of nitrogens with one attached hydrogen (secondary N) is 1. The summed E-state index contributed by atoms with van der Waals surface area (Å²) in [7, 11) is 0. The van der Waals surface area contributed by atoms with E-state index in [1.165, 1.54) is 6.07 Å².